The molecule has 0 saturated heterocycles. The fraction of sp³-hybridized carbons (Fsp3) is 0.316. The number of anilines is 1. The highest BCUT2D eigenvalue weighted by molar-refractivity contribution is 5.68. The third-order valence-corrected chi connectivity index (χ3v) is 4.63. The van der Waals surface area contributed by atoms with E-state index in [0.29, 0.717) is 0 Å². The first-order valence-corrected chi connectivity index (χ1v) is 9.03. The van der Waals surface area contributed by atoms with E-state index in [1.165, 1.54) is 30.6 Å². The molecule has 1 aromatic heterocycles. The Balaban J connectivity index is 1.60. The number of rotatable bonds is 7. The van der Waals surface area contributed by atoms with Gasteiger partial charge in [-0.2, -0.15) is 13.2 Å². The summed E-state index contributed by atoms with van der Waals surface area (Å²) in [6.45, 7) is 2.16. The summed E-state index contributed by atoms with van der Waals surface area (Å²) < 4.78 is 49.4. The minimum Gasteiger partial charge on any atom is -0.431 e. The number of aliphatic imine (C=N–C) groups is 1. The van der Waals surface area contributed by atoms with Gasteiger partial charge in [0.25, 0.3) is 5.69 Å². The summed E-state index contributed by atoms with van der Waals surface area (Å²) in [5, 5.41) is 10.6. The molecular formula is C19H17F3N4O5. The van der Waals surface area contributed by atoms with E-state index in [0.717, 1.165) is 17.0 Å². The van der Waals surface area contributed by atoms with E-state index in [-0.39, 0.29) is 35.7 Å². The van der Waals surface area contributed by atoms with Crippen molar-refractivity contribution < 1.29 is 32.4 Å². The maximum atomic E-state index is 13.1. The van der Waals surface area contributed by atoms with Crippen molar-refractivity contribution in [3.05, 3.63) is 52.8 Å². The van der Waals surface area contributed by atoms with Gasteiger partial charge in [-0.1, -0.05) is 0 Å². The van der Waals surface area contributed by atoms with Gasteiger partial charge in [-0.25, -0.2) is 4.79 Å². The Morgan fingerprint density at radius 1 is 1.29 bits per heavy atom. The number of nitrogens with zero attached hydrogens (tertiary/aromatic N) is 4. The number of ether oxygens (including phenoxy) is 2. The van der Waals surface area contributed by atoms with Crippen molar-refractivity contribution in [3.8, 4) is 5.75 Å². The molecule has 0 radical (unpaired) electrons. The summed E-state index contributed by atoms with van der Waals surface area (Å²) in [7, 11) is 0. The van der Waals surface area contributed by atoms with E-state index in [9.17, 15) is 28.1 Å². The molecule has 0 aliphatic heterocycles. The number of non-ortho nitro benzene ring substituents is 1. The van der Waals surface area contributed by atoms with E-state index in [1.807, 2.05) is 0 Å². The highest BCUT2D eigenvalue weighted by Gasteiger charge is 2.42. The van der Waals surface area contributed by atoms with Crippen LogP contribution in [-0.4, -0.2) is 47.6 Å². The molecule has 9 nitrogen and oxygen atoms in total. The zero-order valence-corrected chi connectivity index (χ0v) is 16.0. The first-order valence-electron chi connectivity index (χ1n) is 9.03. The quantitative estimate of drug-likeness (QED) is 0.207. The first kappa shape index (κ1) is 22.0. The highest BCUT2D eigenvalue weighted by Crippen LogP contribution is 2.38. The molecule has 1 aromatic carbocycles. The van der Waals surface area contributed by atoms with E-state index in [1.54, 1.807) is 0 Å². The molecule has 1 aliphatic rings. The maximum absolute atomic E-state index is 13.1. The fourth-order valence-electron chi connectivity index (χ4n) is 3.13. The van der Waals surface area contributed by atoms with Crippen molar-refractivity contribution in [2.24, 2.45) is 4.99 Å². The normalized spacial score (nSPS) is 17.9. The number of alkyl halides is 3. The molecule has 12 heteroatoms. The van der Waals surface area contributed by atoms with E-state index < -0.39 is 35.9 Å². The molecule has 1 fully saturated rings. The average molecular weight is 438 g/mol. The second-order valence-corrected chi connectivity index (χ2v) is 6.73. The van der Waals surface area contributed by atoms with Crippen molar-refractivity contribution in [1.82, 2.24) is 4.98 Å². The number of hydrogen-bond acceptors (Lipinski definition) is 8. The number of nitro groups is 1. The van der Waals surface area contributed by atoms with E-state index in [4.69, 9.17) is 9.47 Å². The van der Waals surface area contributed by atoms with Crippen LogP contribution in [0.5, 0.6) is 5.75 Å². The van der Waals surface area contributed by atoms with E-state index in [2.05, 4.69) is 16.7 Å². The zero-order chi connectivity index (χ0) is 22.6. The summed E-state index contributed by atoms with van der Waals surface area (Å²) >= 11 is 0. The van der Waals surface area contributed by atoms with Crippen LogP contribution >= 0.6 is 0 Å². The van der Waals surface area contributed by atoms with Crippen LogP contribution < -0.4 is 9.64 Å². The van der Waals surface area contributed by atoms with Crippen molar-refractivity contribution in [2.45, 2.75) is 31.2 Å². The van der Waals surface area contributed by atoms with Gasteiger partial charge in [-0.05, 0) is 24.9 Å². The molecule has 0 unspecified atom stereocenters. The van der Waals surface area contributed by atoms with Gasteiger partial charge in [0.2, 0.25) is 0 Å². The number of aromatic nitrogens is 1. The zero-order valence-electron chi connectivity index (χ0n) is 16.0. The minimum atomic E-state index is -4.46. The Morgan fingerprint density at radius 3 is 2.55 bits per heavy atom. The second-order valence-electron chi connectivity index (χ2n) is 6.73. The first-order chi connectivity index (χ1) is 14.7. The van der Waals surface area contributed by atoms with Crippen LogP contribution in [0.2, 0.25) is 0 Å². The van der Waals surface area contributed by atoms with Gasteiger partial charge in [-0.15, -0.1) is 0 Å². The molecule has 164 valence electrons. The molecule has 2 aromatic rings. The molecule has 3 rings (SSSR count). The SMILES string of the molecule is C=Nc1cnccc1N(CC(F)(F)F)C1CC(OC(=O)Oc2ccc([N+](=O)[O-])cc2)C1. The lowest BCUT2D eigenvalue weighted by atomic mass is 9.87. The average Bonchev–Trinajstić information content (AvgIpc) is 2.68. The number of benzene rings is 1. The standard InChI is InChI=1S/C19H17F3N4O5/c1-23-16-10-24-7-6-17(16)25(11-19(20,21)22)13-8-15(9-13)31-18(27)30-14-4-2-12(3-5-14)26(28)29/h2-7,10,13,15H,1,8-9,11H2. The Morgan fingerprint density at radius 2 is 1.97 bits per heavy atom. The van der Waals surface area contributed by atoms with Gasteiger partial charge in [-0.3, -0.25) is 20.1 Å². The topological polar surface area (TPSA) is 107 Å². The summed E-state index contributed by atoms with van der Waals surface area (Å²) in [6.07, 6.45) is -3.14. The van der Waals surface area contributed by atoms with Crippen LogP contribution in [0.3, 0.4) is 0 Å². The van der Waals surface area contributed by atoms with Crippen LogP contribution in [0, 0.1) is 10.1 Å². The van der Waals surface area contributed by atoms with Crippen molar-refractivity contribution in [3.63, 3.8) is 0 Å². The summed E-state index contributed by atoms with van der Waals surface area (Å²) in [6, 6.07) is 5.69. The summed E-state index contributed by atoms with van der Waals surface area (Å²) in [5.41, 5.74) is 0.282. The number of carbonyl (C=O) groups excluding carboxylic acids is 1. The molecule has 1 aliphatic carbocycles. The summed E-state index contributed by atoms with van der Waals surface area (Å²) in [4.78, 5) is 30.6. The van der Waals surface area contributed by atoms with Gasteiger partial charge >= 0.3 is 12.3 Å². The number of nitro benzene ring substituents is 1. The van der Waals surface area contributed by atoms with Crippen molar-refractivity contribution in [1.29, 1.82) is 0 Å². The van der Waals surface area contributed by atoms with Gasteiger partial charge in [0, 0.05) is 37.2 Å². The third-order valence-electron chi connectivity index (χ3n) is 4.63. The van der Waals surface area contributed by atoms with Crippen LogP contribution in [-0.2, 0) is 4.74 Å². The molecule has 0 atom stereocenters. The largest absolute Gasteiger partial charge is 0.514 e. The molecule has 1 heterocycles. The molecular weight excluding hydrogens is 421 g/mol. The molecule has 31 heavy (non-hydrogen) atoms. The van der Waals surface area contributed by atoms with Crippen molar-refractivity contribution in [2.75, 3.05) is 11.4 Å². The fourth-order valence-corrected chi connectivity index (χ4v) is 3.13. The number of halogens is 3. The Labute approximate surface area is 174 Å². The second kappa shape index (κ2) is 8.98. The minimum absolute atomic E-state index is 0.0451. The lowest BCUT2D eigenvalue weighted by Gasteiger charge is -2.43. The third kappa shape index (κ3) is 5.68. The van der Waals surface area contributed by atoms with Gasteiger partial charge < -0.3 is 14.4 Å². The van der Waals surface area contributed by atoms with Crippen LogP contribution in [0.4, 0.5) is 35.0 Å². The molecule has 0 amide bonds. The molecule has 0 N–H and O–H groups in total. The summed E-state index contributed by atoms with van der Waals surface area (Å²) in [5.74, 6) is 0.0451. The predicted octanol–water partition coefficient (Wildman–Crippen LogP) is 4.44. The molecule has 0 spiro atoms. The number of carbonyl (C=O) groups is 1. The van der Waals surface area contributed by atoms with Crippen LogP contribution in [0.1, 0.15) is 12.8 Å². The molecule has 1 saturated carbocycles. The Kier molecular flexibility index (Phi) is 6.37. The molecule has 0 bridgehead atoms. The maximum Gasteiger partial charge on any atom is 0.514 e. The Bertz CT molecular complexity index is 962. The van der Waals surface area contributed by atoms with Gasteiger partial charge in [0.1, 0.15) is 24.1 Å². The highest BCUT2D eigenvalue weighted by atomic mass is 19.4. The van der Waals surface area contributed by atoms with Crippen LogP contribution in [0.15, 0.2) is 47.7 Å². The lowest BCUT2D eigenvalue weighted by Crippen LogP contribution is -2.52. The van der Waals surface area contributed by atoms with Gasteiger partial charge in [0.05, 0.1) is 16.8 Å². The predicted molar refractivity (Wildman–Crippen MR) is 104 cm³/mol. The smallest absolute Gasteiger partial charge is 0.431 e. The van der Waals surface area contributed by atoms with Crippen molar-refractivity contribution >= 4 is 29.9 Å². The number of hydrogen-bond donors (Lipinski definition) is 0. The Hall–Kier alpha value is -3.70. The van der Waals surface area contributed by atoms with E-state index >= 15 is 0 Å². The number of pyridine rings is 1. The lowest BCUT2D eigenvalue weighted by molar-refractivity contribution is -0.384. The van der Waals surface area contributed by atoms with Crippen LogP contribution in [0.25, 0.3) is 0 Å². The van der Waals surface area contributed by atoms with Gasteiger partial charge in [0.15, 0.2) is 0 Å². The monoisotopic (exact) mass is 438 g/mol.